The van der Waals surface area contributed by atoms with Gasteiger partial charge in [0.15, 0.2) is 5.78 Å². The van der Waals surface area contributed by atoms with E-state index < -0.39 is 0 Å². The van der Waals surface area contributed by atoms with E-state index in [1.807, 2.05) is 12.1 Å². The van der Waals surface area contributed by atoms with Gasteiger partial charge in [0.25, 0.3) is 0 Å². The molecule has 1 heteroatoms. The summed E-state index contributed by atoms with van der Waals surface area (Å²) < 4.78 is 0. The van der Waals surface area contributed by atoms with E-state index in [1.54, 1.807) is 6.92 Å². The quantitative estimate of drug-likeness (QED) is 0.721. The number of hydrogen-bond acceptors (Lipinski definition) is 1. The number of aryl methyl sites for hydroxylation is 1. The number of rotatable bonds is 2. The monoisotopic (exact) mass is 236 g/mol. The van der Waals surface area contributed by atoms with Crippen LogP contribution in [0.4, 0.5) is 0 Å². The molecule has 1 aliphatic carbocycles. The molecule has 0 heterocycles. The molecule has 0 bridgehead atoms. The van der Waals surface area contributed by atoms with Crippen molar-refractivity contribution in [3.8, 4) is 0 Å². The molecule has 0 N–H and O–H groups in total. The van der Waals surface area contributed by atoms with E-state index in [-0.39, 0.29) is 5.78 Å². The summed E-state index contributed by atoms with van der Waals surface area (Å²) in [5.41, 5.74) is 5.04. The van der Waals surface area contributed by atoms with Crippen molar-refractivity contribution in [1.29, 1.82) is 0 Å². The number of Topliss-reactive ketones (excluding diaryl/α,β-unsaturated/α-hetero) is 1. The molecule has 0 spiro atoms. The molecule has 18 heavy (non-hydrogen) atoms. The molecule has 0 amide bonds. The van der Waals surface area contributed by atoms with Gasteiger partial charge in [-0.05, 0) is 36.5 Å². The Morgan fingerprint density at radius 2 is 1.78 bits per heavy atom. The first-order chi connectivity index (χ1) is 8.75. The lowest BCUT2D eigenvalue weighted by molar-refractivity contribution is 0.101. The van der Waals surface area contributed by atoms with E-state index in [2.05, 4.69) is 36.4 Å². The first kappa shape index (κ1) is 11.2. The lowest BCUT2D eigenvalue weighted by atomic mass is 9.92. The zero-order chi connectivity index (χ0) is 12.5. The summed E-state index contributed by atoms with van der Waals surface area (Å²) in [5.74, 6) is 0.635. The second kappa shape index (κ2) is 4.41. The summed E-state index contributed by atoms with van der Waals surface area (Å²) in [6.07, 6.45) is 2.34. The van der Waals surface area contributed by atoms with Crippen molar-refractivity contribution in [2.24, 2.45) is 0 Å². The molecule has 1 atom stereocenters. The highest BCUT2D eigenvalue weighted by Crippen LogP contribution is 2.37. The van der Waals surface area contributed by atoms with Gasteiger partial charge in [-0.3, -0.25) is 4.79 Å². The highest BCUT2D eigenvalue weighted by molar-refractivity contribution is 5.94. The number of carbonyl (C=O) groups excluding carboxylic acids is 1. The average molecular weight is 236 g/mol. The zero-order valence-electron chi connectivity index (χ0n) is 10.5. The highest BCUT2D eigenvalue weighted by Gasteiger charge is 2.23. The second-order valence-corrected chi connectivity index (χ2v) is 4.97. The molecule has 0 saturated carbocycles. The summed E-state index contributed by atoms with van der Waals surface area (Å²) >= 11 is 0. The summed E-state index contributed by atoms with van der Waals surface area (Å²) in [7, 11) is 0. The summed E-state index contributed by atoms with van der Waals surface area (Å²) in [6, 6.07) is 16.8. The van der Waals surface area contributed by atoms with E-state index in [0.717, 1.165) is 12.0 Å². The van der Waals surface area contributed by atoms with Crippen LogP contribution in [0.3, 0.4) is 0 Å². The molecular weight excluding hydrogens is 220 g/mol. The minimum atomic E-state index is 0.133. The maximum absolute atomic E-state index is 11.3. The summed E-state index contributed by atoms with van der Waals surface area (Å²) in [5, 5.41) is 0. The van der Waals surface area contributed by atoms with Gasteiger partial charge in [0.1, 0.15) is 0 Å². The van der Waals surface area contributed by atoms with E-state index in [9.17, 15) is 4.79 Å². The molecule has 0 radical (unpaired) electrons. The lowest BCUT2D eigenvalue weighted by Crippen LogP contribution is -1.98. The van der Waals surface area contributed by atoms with Crippen LogP contribution in [0.25, 0.3) is 0 Å². The van der Waals surface area contributed by atoms with Crippen molar-refractivity contribution < 1.29 is 4.79 Å². The van der Waals surface area contributed by atoms with Crippen LogP contribution < -0.4 is 0 Å². The number of hydrogen-bond donors (Lipinski definition) is 0. The van der Waals surface area contributed by atoms with E-state index in [1.165, 1.54) is 23.1 Å². The van der Waals surface area contributed by atoms with Crippen molar-refractivity contribution in [3.05, 3.63) is 70.8 Å². The number of carbonyl (C=O) groups is 1. The Labute approximate surface area is 107 Å². The molecule has 90 valence electrons. The third kappa shape index (κ3) is 1.86. The molecule has 0 saturated heterocycles. The number of fused-ring (bicyclic) bond motifs is 1. The zero-order valence-corrected chi connectivity index (χ0v) is 10.5. The van der Waals surface area contributed by atoms with Gasteiger partial charge in [0.05, 0.1) is 0 Å². The molecule has 2 aromatic carbocycles. The van der Waals surface area contributed by atoms with Crippen LogP contribution in [0.15, 0.2) is 48.5 Å². The van der Waals surface area contributed by atoms with Gasteiger partial charge in [-0.1, -0.05) is 48.5 Å². The van der Waals surface area contributed by atoms with E-state index in [4.69, 9.17) is 0 Å². The first-order valence-corrected chi connectivity index (χ1v) is 6.44. The molecule has 2 aromatic rings. The van der Waals surface area contributed by atoms with Gasteiger partial charge < -0.3 is 0 Å². The molecule has 1 aliphatic rings. The Morgan fingerprint density at radius 3 is 2.50 bits per heavy atom. The Balaban J connectivity index is 1.95. The Bertz CT molecular complexity index is 581. The van der Waals surface area contributed by atoms with E-state index in [0.29, 0.717) is 5.92 Å². The van der Waals surface area contributed by atoms with Gasteiger partial charge in [-0.15, -0.1) is 0 Å². The average Bonchev–Trinajstić information content (AvgIpc) is 2.82. The largest absolute Gasteiger partial charge is 0.295 e. The van der Waals surface area contributed by atoms with E-state index >= 15 is 0 Å². The van der Waals surface area contributed by atoms with Crippen molar-refractivity contribution in [2.45, 2.75) is 25.7 Å². The normalized spacial score (nSPS) is 17.5. The molecule has 0 aromatic heterocycles. The predicted molar refractivity (Wildman–Crippen MR) is 73.1 cm³/mol. The highest BCUT2D eigenvalue weighted by atomic mass is 16.1. The number of benzene rings is 2. The van der Waals surface area contributed by atoms with Crippen molar-refractivity contribution in [1.82, 2.24) is 0 Å². The molecule has 3 rings (SSSR count). The van der Waals surface area contributed by atoms with Crippen LogP contribution in [0.5, 0.6) is 0 Å². The summed E-state index contributed by atoms with van der Waals surface area (Å²) in [6.45, 7) is 1.61. The van der Waals surface area contributed by atoms with Gasteiger partial charge in [0, 0.05) is 11.5 Å². The Hall–Kier alpha value is -1.89. The van der Waals surface area contributed by atoms with Crippen molar-refractivity contribution in [3.63, 3.8) is 0 Å². The smallest absolute Gasteiger partial charge is 0.159 e. The minimum absolute atomic E-state index is 0.133. The fourth-order valence-corrected chi connectivity index (χ4v) is 2.85. The Kier molecular flexibility index (Phi) is 2.75. The van der Waals surface area contributed by atoms with Gasteiger partial charge >= 0.3 is 0 Å². The van der Waals surface area contributed by atoms with Gasteiger partial charge in [0.2, 0.25) is 0 Å². The maximum atomic E-state index is 11.3. The van der Waals surface area contributed by atoms with Gasteiger partial charge in [-0.25, -0.2) is 0 Å². The topological polar surface area (TPSA) is 17.1 Å². The second-order valence-electron chi connectivity index (χ2n) is 4.97. The fraction of sp³-hybridized carbons (Fsp3) is 0.235. The van der Waals surface area contributed by atoms with Crippen LogP contribution in [0, 0.1) is 0 Å². The lowest BCUT2D eigenvalue weighted by Gasteiger charge is -2.12. The van der Waals surface area contributed by atoms with Crippen molar-refractivity contribution in [2.75, 3.05) is 0 Å². The van der Waals surface area contributed by atoms with Crippen LogP contribution in [0.1, 0.15) is 46.3 Å². The minimum Gasteiger partial charge on any atom is -0.295 e. The molecular formula is C17H16O. The van der Waals surface area contributed by atoms with Crippen LogP contribution >= 0.6 is 0 Å². The van der Waals surface area contributed by atoms with Crippen LogP contribution in [0.2, 0.25) is 0 Å². The first-order valence-electron chi connectivity index (χ1n) is 6.44. The van der Waals surface area contributed by atoms with Gasteiger partial charge in [-0.2, -0.15) is 0 Å². The van der Waals surface area contributed by atoms with Crippen LogP contribution in [-0.2, 0) is 6.42 Å². The van der Waals surface area contributed by atoms with Crippen molar-refractivity contribution >= 4 is 5.78 Å². The molecule has 1 unspecified atom stereocenters. The fourth-order valence-electron chi connectivity index (χ4n) is 2.85. The molecule has 0 fully saturated rings. The molecule has 1 nitrogen and oxygen atoms in total. The number of ketones is 1. The third-order valence-corrected chi connectivity index (χ3v) is 3.85. The SMILES string of the molecule is CC(=O)c1ccc(C2CCc3ccccc32)cc1. The standard InChI is InChI=1S/C17H16O/c1-12(18)13-6-8-15(9-7-13)17-11-10-14-4-2-3-5-16(14)17/h2-9,17H,10-11H2,1H3. The predicted octanol–water partition coefficient (Wildman–Crippen LogP) is 3.97. The Morgan fingerprint density at radius 1 is 1.06 bits per heavy atom. The molecule has 0 aliphatic heterocycles. The maximum Gasteiger partial charge on any atom is 0.159 e. The summed E-state index contributed by atoms with van der Waals surface area (Å²) in [4.78, 5) is 11.3. The third-order valence-electron chi connectivity index (χ3n) is 3.85. The van der Waals surface area contributed by atoms with Crippen LogP contribution in [-0.4, -0.2) is 5.78 Å².